The molecule has 1 heterocycles. The Hall–Kier alpha value is -2.02. The van der Waals surface area contributed by atoms with E-state index in [0.29, 0.717) is 0 Å². The SMILES string of the molecule is N#CC1(N)CCN(S(=O)(=O)c2ccc([N+](=O)[O-])cc2)CC1. The number of rotatable bonds is 3. The molecule has 0 aliphatic carbocycles. The van der Waals surface area contributed by atoms with Crippen molar-refractivity contribution >= 4 is 15.7 Å². The molecule has 0 unspecified atom stereocenters. The maximum atomic E-state index is 12.4. The van der Waals surface area contributed by atoms with Gasteiger partial charge in [0.1, 0.15) is 5.54 Å². The van der Waals surface area contributed by atoms with Crippen molar-refractivity contribution in [2.24, 2.45) is 5.73 Å². The van der Waals surface area contributed by atoms with Crippen molar-refractivity contribution in [3.8, 4) is 6.07 Å². The maximum Gasteiger partial charge on any atom is 0.269 e. The number of nitriles is 1. The van der Waals surface area contributed by atoms with E-state index in [1.807, 2.05) is 6.07 Å². The van der Waals surface area contributed by atoms with Crippen LogP contribution in [0.15, 0.2) is 29.2 Å². The van der Waals surface area contributed by atoms with E-state index >= 15 is 0 Å². The van der Waals surface area contributed by atoms with Gasteiger partial charge in [-0.2, -0.15) is 9.57 Å². The highest BCUT2D eigenvalue weighted by molar-refractivity contribution is 7.89. The Balaban J connectivity index is 2.20. The van der Waals surface area contributed by atoms with Crippen LogP contribution >= 0.6 is 0 Å². The van der Waals surface area contributed by atoms with Crippen molar-refractivity contribution in [3.63, 3.8) is 0 Å². The van der Waals surface area contributed by atoms with Gasteiger partial charge in [-0.3, -0.25) is 10.1 Å². The predicted octanol–water partition coefficient (Wildman–Crippen LogP) is 0.600. The molecule has 1 aliphatic rings. The smallest absolute Gasteiger partial charge is 0.269 e. The summed E-state index contributed by atoms with van der Waals surface area (Å²) in [7, 11) is -3.72. The third kappa shape index (κ3) is 3.02. The van der Waals surface area contributed by atoms with Crippen molar-refractivity contribution in [2.75, 3.05) is 13.1 Å². The maximum absolute atomic E-state index is 12.4. The van der Waals surface area contributed by atoms with Crippen molar-refractivity contribution < 1.29 is 13.3 Å². The lowest BCUT2D eigenvalue weighted by molar-refractivity contribution is -0.384. The number of nitrogens with zero attached hydrogens (tertiary/aromatic N) is 3. The first-order valence-electron chi connectivity index (χ1n) is 6.23. The second kappa shape index (κ2) is 5.40. The molecule has 1 aromatic carbocycles. The van der Waals surface area contributed by atoms with Gasteiger partial charge in [-0.1, -0.05) is 0 Å². The molecule has 1 fully saturated rings. The lowest BCUT2D eigenvalue weighted by Gasteiger charge is -2.33. The highest BCUT2D eigenvalue weighted by atomic mass is 32.2. The van der Waals surface area contributed by atoms with Gasteiger partial charge in [0.2, 0.25) is 10.0 Å². The van der Waals surface area contributed by atoms with Crippen molar-refractivity contribution in [2.45, 2.75) is 23.3 Å². The molecule has 0 saturated carbocycles. The minimum Gasteiger partial charge on any atom is -0.313 e. The zero-order valence-electron chi connectivity index (χ0n) is 11.1. The second-order valence-electron chi connectivity index (χ2n) is 4.92. The monoisotopic (exact) mass is 310 g/mol. The molecule has 0 spiro atoms. The first kappa shape index (κ1) is 15.4. The summed E-state index contributed by atoms with van der Waals surface area (Å²) in [6.07, 6.45) is 0.519. The molecule has 8 nitrogen and oxygen atoms in total. The van der Waals surface area contributed by atoms with Crippen LogP contribution in [0.2, 0.25) is 0 Å². The predicted molar refractivity (Wildman–Crippen MR) is 73.6 cm³/mol. The molecule has 0 radical (unpaired) electrons. The van der Waals surface area contributed by atoms with Gasteiger partial charge >= 0.3 is 0 Å². The molecule has 0 amide bonds. The normalized spacial score (nSPS) is 18.9. The summed E-state index contributed by atoms with van der Waals surface area (Å²) in [6.45, 7) is 0.312. The molecule has 1 aromatic rings. The lowest BCUT2D eigenvalue weighted by atomic mass is 9.91. The van der Waals surface area contributed by atoms with Crippen LogP contribution in [0.4, 0.5) is 5.69 Å². The van der Waals surface area contributed by atoms with E-state index in [1.54, 1.807) is 0 Å². The third-order valence-corrected chi connectivity index (χ3v) is 5.44. The van der Waals surface area contributed by atoms with E-state index < -0.39 is 20.5 Å². The van der Waals surface area contributed by atoms with E-state index in [9.17, 15) is 18.5 Å². The standard InChI is InChI=1S/C12H14N4O4S/c13-9-12(14)5-7-15(8-6-12)21(19,20)11-3-1-10(2-4-11)16(17)18/h1-4H,5-8,14H2. The van der Waals surface area contributed by atoms with Crippen LogP contribution in [-0.4, -0.2) is 36.3 Å². The van der Waals surface area contributed by atoms with E-state index in [1.165, 1.54) is 16.4 Å². The molecule has 112 valence electrons. The fourth-order valence-electron chi connectivity index (χ4n) is 2.13. The van der Waals surface area contributed by atoms with Crippen LogP contribution in [0.1, 0.15) is 12.8 Å². The quantitative estimate of drug-likeness (QED) is 0.642. The molecule has 0 aromatic heterocycles. The largest absolute Gasteiger partial charge is 0.313 e. The Morgan fingerprint density at radius 1 is 1.29 bits per heavy atom. The molecule has 0 bridgehead atoms. The number of nitrogens with two attached hydrogens (primary N) is 1. The summed E-state index contributed by atoms with van der Waals surface area (Å²) >= 11 is 0. The fraction of sp³-hybridized carbons (Fsp3) is 0.417. The third-order valence-electron chi connectivity index (χ3n) is 3.52. The first-order chi connectivity index (χ1) is 9.78. The summed E-state index contributed by atoms with van der Waals surface area (Å²) in [5.74, 6) is 0. The summed E-state index contributed by atoms with van der Waals surface area (Å²) in [6, 6.07) is 6.72. The fourth-order valence-corrected chi connectivity index (χ4v) is 3.57. The van der Waals surface area contributed by atoms with Gasteiger partial charge in [-0.05, 0) is 25.0 Å². The van der Waals surface area contributed by atoms with E-state index in [-0.39, 0.29) is 36.5 Å². The summed E-state index contributed by atoms with van der Waals surface area (Å²) in [5, 5.41) is 19.5. The highest BCUT2D eigenvalue weighted by Crippen LogP contribution is 2.25. The van der Waals surface area contributed by atoms with Crippen molar-refractivity contribution in [3.05, 3.63) is 34.4 Å². The molecule has 2 rings (SSSR count). The number of nitro groups is 1. The van der Waals surface area contributed by atoms with Crippen LogP contribution in [0.25, 0.3) is 0 Å². The van der Waals surface area contributed by atoms with Gasteiger partial charge in [-0.25, -0.2) is 8.42 Å². The van der Waals surface area contributed by atoms with Crippen molar-refractivity contribution in [1.29, 1.82) is 5.26 Å². The number of benzene rings is 1. The van der Waals surface area contributed by atoms with Gasteiger partial charge in [0, 0.05) is 25.2 Å². The molecule has 9 heteroatoms. The zero-order chi connectivity index (χ0) is 15.7. The van der Waals surface area contributed by atoms with Gasteiger partial charge in [-0.15, -0.1) is 0 Å². The van der Waals surface area contributed by atoms with E-state index in [0.717, 1.165) is 12.1 Å². The second-order valence-corrected chi connectivity index (χ2v) is 6.86. The Bertz CT molecular complexity index is 685. The van der Waals surface area contributed by atoms with Crippen LogP contribution in [0.3, 0.4) is 0 Å². The average Bonchev–Trinajstić information content (AvgIpc) is 2.48. The molecular weight excluding hydrogens is 296 g/mol. The Morgan fingerprint density at radius 3 is 2.24 bits per heavy atom. The molecule has 21 heavy (non-hydrogen) atoms. The Morgan fingerprint density at radius 2 is 1.81 bits per heavy atom. The lowest BCUT2D eigenvalue weighted by Crippen LogP contribution is -2.50. The topological polar surface area (TPSA) is 130 Å². The van der Waals surface area contributed by atoms with E-state index in [4.69, 9.17) is 11.0 Å². The summed E-state index contributed by atoms with van der Waals surface area (Å²) < 4.78 is 26.0. The Kier molecular flexibility index (Phi) is 3.95. The molecule has 1 saturated heterocycles. The first-order valence-corrected chi connectivity index (χ1v) is 7.67. The van der Waals surface area contributed by atoms with Crippen LogP contribution in [0.5, 0.6) is 0 Å². The van der Waals surface area contributed by atoms with Gasteiger partial charge in [0.25, 0.3) is 5.69 Å². The number of nitro benzene ring substituents is 1. The number of sulfonamides is 1. The average molecular weight is 310 g/mol. The molecule has 2 N–H and O–H groups in total. The number of non-ortho nitro benzene ring substituents is 1. The van der Waals surface area contributed by atoms with Gasteiger partial charge in [0.15, 0.2) is 0 Å². The van der Waals surface area contributed by atoms with Crippen LogP contribution in [0, 0.1) is 21.4 Å². The summed E-state index contributed by atoms with van der Waals surface area (Å²) in [5.41, 5.74) is 4.65. The zero-order valence-corrected chi connectivity index (χ0v) is 11.9. The Labute approximate surface area is 122 Å². The molecule has 0 atom stereocenters. The molecular formula is C12H14N4O4S. The number of hydrogen-bond acceptors (Lipinski definition) is 6. The van der Waals surface area contributed by atoms with Crippen LogP contribution < -0.4 is 5.73 Å². The highest BCUT2D eigenvalue weighted by Gasteiger charge is 2.36. The number of piperidine rings is 1. The van der Waals surface area contributed by atoms with E-state index in [2.05, 4.69) is 0 Å². The van der Waals surface area contributed by atoms with Crippen molar-refractivity contribution in [1.82, 2.24) is 4.31 Å². The van der Waals surface area contributed by atoms with Gasteiger partial charge < -0.3 is 5.73 Å². The van der Waals surface area contributed by atoms with Gasteiger partial charge in [0.05, 0.1) is 15.9 Å². The number of hydrogen-bond donors (Lipinski definition) is 1. The molecule has 1 aliphatic heterocycles. The minimum absolute atomic E-state index is 0.00502. The summed E-state index contributed by atoms with van der Waals surface area (Å²) in [4.78, 5) is 9.97. The minimum atomic E-state index is -3.72. The van der Waals surface area contributed by atoms with Crippen LogP contribution in [-0.2, 0) is 10.0 Å².